The Labute approximate surface area is 118 Å². The van der Waals surface area contributed by atoms with Crippen LogP contribution in [0.3, 0.4) is 0 Å². The van der Waals surface area contributed by atoms with Crippen molar-refractivity contribution in [2.24, 2.45) is 0 Å². The Bertz CT molecular complexity index is 587. The van der Waals surface area contributed by atoms with E-state index >= 15 is 0 Å². The van der Waals surface area contributed by atoms with Crippen molar-refractivity contribution in [3.63, 3.8) is 0 Å². The van der Waals surface area contributed by atoms with E-state index in [1.165, 1.54) is 0 Å². The van der Waals surface area contributed by atoms with Crippen molar-refractivity contribution in [2.75, 3.05) is 20.0 Å². The van der Waals surface area contributed by atoms with Gasteiger partial charge in [-0.2, -0.15) is 0 Å². The van der Waals surface area contributed by atoms with Crippen molar-refractivity contribution >= 4 is 5.82 Å². The highest BCUT2D eigenvalue weighted by molar-refractivity contribution is 5.43. The summed E-state index contributed by atoms with van der Waals surface area (Å²) in [6.45, 7) is 0. The number of anilines is 1. The lowest BCUT2D eigenvalue weighted by Crippen LogP contribution is -2.05. The monoisotopic (exact) mass is 274 g/mol. The Morgan fingerprint density at radius 1 is 1.20 bits per heavy atom. The number of rotatable bonds is 5. The van der Waals surface area contributed by atoms with Gasteiger partial charge in [0.1, 0.15) is 17.3 Å². The number of methoxy groups -OCH3 is 2. The van der Waals surface area contributed by atoms with Crippen molar-refractivity contribution in [2.45, 2.75) is 12.5 Å². The summed E-state index contributed by atoms with van der Waals surface area (Å²) in [5, 5.41) is 10.4. The van der Waals surface area contributed by atoms with Crippen molar-refractivity contribution in [1.29, 1.82) is 0 Å². The number of nitrogens with zero attached hydrogens (tertiary/aromatic N) is 1. The van der Waals surface area contributed by atoms with Crippen LogP contribution >= 0.6 is 0 Å². The molecule has 0 aliphatic carbocycles. The fraction of sp³-hybridized carbons (Fsp3) is 0.267. The first-order valence-electron chi connectivity index (χ1n) is 6.24. The van der Waals surface area contributed by atoms with E-state index in [4.69, 9.17) is 15.2 Å². The number of aliphatic hydroxyl groups excluding tert-OH is 1. The topological polar surface area (TPSA) is 77.6 Å². The molecule has 1 unspecified atom stereocenters. The van der Waals surface area contributed by atoms with Crippen LogP contribution in [0.5, 0.6) is 11.5 Å². The van der Waals surface area contributed by atoms with Gasteiger partial charge in [-0.3, -0.25) is 0 Å². The van der Waals surface area contributed by atoms with Gasteiger partial charge in [0.2, 0.25) is 0 Å². The number of nitrogen functional groups attached to an aromatic ring is 1. The average molecular weight is 274 g/mol. The minimum Gasteiger partial charge on any atom is -0.497 e. The van der Waals surface area contributed by atoms with Gasteiger partial charge in [0, 0.05) is 24.2 Å². The van der Waals surface area contributed by atoms with Crippen LogP contribution in [-0.2, 0) is 6.42 Å². The fourth-order valence-electron chi connectivity index (χ4n) is 2.05. The van der Waals surface area contributed by atoms with E-state index in [2.05, 4.69) is 4.98 Å². The molecule has 0 aliphatic rings. The SMILES string of the molecule is COc1ccc(C(O)Cc2ccnc(N)c2)c(OC)c1. The largest absolute Gasteiger partial charge is 0.497 e. The van der Waals surface area contributed by atoms with E-state index in [0.29, 0.717) is 29.3 Å². The van der Waals surface area contributed by atoms with Gasteiger partial charge in [-0.25, -0.2) is 4.98 Å². The van der Waals surface area contributed by atoms with Crippen LogP contribution in [0, 0.1) is 0 Å². The summed E-state index contributed by atoms with van der Waals surface area (Å²) in [5.74, 6) is 1.72. The van der Waals surface area contributed by atoms with Crippen molar-refractivity contribution < 1.29 is 14.6 Å². The van der Waals surface area contributed by atoms with E-state index in [9.17, 15) is 5.11 Å². The lowest BCUT2D eigenvalue weighted by atomic mass is 10.0. The number of nitrogens with two attached hydrogens (primary N) is 1. The minimum absolute atomic E-state index is 0.440. The fourth-order valence-corrected chi connectivity index (χ4v) is 2.05. The van der Waals surface area contributed by atoms with Gasteiger partial charge in [0.15, 0.2) is 0 Å². The molecule has 0 spiro atoms. The van der Waals surface area contributed by atoms with E-state index in [-0.39, 0.29) is 0 Å². The minimum atomic E-state index is -0.683. The van der Waals surface area contributed by atoms with E-state index in [1.54, 1.807) is 44.7 Å². The zero-order valence-electron chi connectivity index (χ0n) is 11.5. The summed E-state index contributed by atoms with van der Waals surface area (Å²) >= 11 is 0. The molecule has 2 rings (SSSR count). The third-order valence-corrected chi connectivity index (χ3v) is 3.07. The summed E-state index contributed by atoms with van der Waals surface area (Å²) in [7, 11) is 3.15. The second-order valence-corrected chi connectivity index (χ2v) is 4.42. The molecule has 5 nitrogen and oxygen atoms in total. The van der Waals surface area contributed by atoms with Crippen LogP contribution in [0.4, 0.5) is 5.82 Å². The highest BCUT2D eigenvalue weighted by atomic mass is 16.5. The van der Waals surface area contributed by atoms with Crippen LogP contribution in [0.15, 0.2) is 36.5 Å². The molecule has 2 aromatic rings. The first kappa shape index (κ1) is 14.1. The zero-order chi connectivity index (χ0) is 14.5. The molecular formula is C15H18N2O3. The Morgan fingerprint density at radius 3 is 2.65 bits per heavy atom. The van der Waals surface area contributed by atoms with E-state index < -0.39 is 6.10 Å². The summed E-state index contributed by atoms with van der Waals surface area (Å²) in [4.78, 5) is 3.93. The summed E-state index contributed by atoms with van der Waals surface area (Å²) in [5.41, 5.74) is 7.26. The Hall–Kier alpha value is -2.27. The molecule has 1 atom stereocenters. The van der Waals surface area contributed by atoms with Gasteiger partial charge in [0.05, 0.1) is 20.3 Å². The second kappa shape index (κ2) is 6.25. The van der Waals surface area contributed by atoms with Gasteiger partial charge in [-0.1, -0.05) is 0 Å². The van der Waals surface area contributed by atoms with E-state index in [0.717, 1.165) is 5.56 Å². The molecule has 20 heavy (non-hydrogen) atoms. The van der Waals surface area contributed by atoms with Crippen LogP contribution in [0.1, 0.15) is 17.2 Å². The lowest BCUT2D eigenvalue weighted by Gasteiger charge is -2.16. The predicted octanol–water partition coefficient (Wildman–Crippen LogP) is 1.96. The highest BCUT2D eigenvalue weighted by Crippen LogP contribution is 2.31. The molecule has 0 aliphatic heterocycles. The smallest absolute Gasteiger partial charge is 0.128 e. The molecule has 1 aromatic heterocycles. The highest BCUT2D eigenvalue weighted by Gasteiger charge is 2.15. The molecule has 0 bridgehead atoms. The molecule has 0 amide bonds. The third-order valence-electron chi connectivity index (χ3n) is 3.07. The molecule has 0 saturated heterocycles. The first-order valence-corrected chi connectivity index (χ1v) is 6.24. The average Bonchev–Trinajstić information content (AvgIpc) is 2.46. The van der Waals surface area contributed by atoms with Crippen molar-refractivity contribution in [3.05, 3.63) is 47.7 Å². The maximum Gasteiger partial charge on any atom is 0.128 e. The molecule has 0 saturated carbocycles. The molecule has 106 valence electrons. The van der Waals surface area contributed by atoms with Gasteiger partial charge in [-0.05, 0) is 29.8 Å². The maximum atomic E-state index is 10.4. The van der Waals surface area contributed by atoms with Crippen LogP contribution in [-0.4, -0.2) is 24.3 Å². The third kappa shape index (κ3) is 3.19. The molecule has 3 N–H and O–H groups in total. The predicted molar refractivity (Wildman–Crippen MR) is 76.9 cm³/mol. The molecule has 0 radical (unpaired) electrons. The molecule has 5 heteroatoms. The van der Waals surface area contributed by atoms with Crippen LogP contribution in [0.2, 0.25) is 0 Å². The van der Waals surface area contributed by atoms with Gasteiger partial charge in [0.25, 0.3) is 0 Å². The summed E-state index contributed by atoms with van der Waals surface area (Å²) in [6, 6.07) is 8.92. The number of aromatic nitrogens is 1. The Kier molecular flexibility index (Phi) is 4.42. The molecule has 1 aromatic carbocycles. The standard InChI is InChI=1S/C15H18N2O3/c1-19-11-3-4-12(14(9-11)20-2)13(18)7-10-5-6-17-15(16)8-10/h3-6,8-9,13,18H,7H2,1-2H3,(H2,16,17). The van der Waals surface area contributed by atoms with Gasteiger partial charge >= 0.3 is 0 Å². The number of hydrogen-bond acceptors (Lipinski definition) is 5. The number of ether oxygens (including phenoxy) is 2. The summed E-state index contributed by atoms with van der Waals surface area (Å²) < 4.78 is 10.4. The number of aliphatic hydroxyl groups is 1. The quantitative estimate of drug-likeness (QED) is 0.871. The van der Waals surface area contributed by atoms with Crippen molar-refractivity contribution in [3.8, 4) is 11.5 Å². The lowest BCUT2D eigenvalue weighted by molar-refractivity contribution is 0.174. The first-order chi connectivity index (χ1) is 9.63. The maximum absolute atomic E-state index is 10.4. The van der Waals surface area contributed by atoms with Gasteiger partial charge in [-0.15, -0.1) is 0 Å². The normalized spacial score (nSPS) is 11.9. The van der Waals surface area contributed by atoms with Crippen molar-refractivity contribution in [1.82, 2.24) is 4.98 Å². The van der Waals surface area contributed by atoms with E-state index in [1.807, 2.05) is 6.07 Å². The Balaban J connectivity index is 2.22. The zero-order valence-corrected chi connectivity index (χ0v) is 11.5. The second-order valence-electron chi connectivity index (χ2n) is 4.42. The van der Waals surface area contributed by atoms with Crippen LogP contribution in [0.25, 0.3) is 0 Å². The number of hydrogen-bond donors (Lipinski definition) is 2. The van der Waals surface area contributed by atoms with Crippen LogP contribution < -0.4 is 15.2 Å². The van der Waals surface area contributed by atoms with Gasteiger partial charge < -0.3 is 20.3 Å². The number of benzene rings is 1. The molecule has 0 fully saturated rings. The summed E-state index contributed by atoms with van der Waals surface area (Å²) in [6.07, 6.45) is 1.38. The number of pyridine rings is 1. The Morgan fingerprint density at radius 2 is 2.00 bits per heavy atom. The molecular weight excluding hydrogens is 256 g/mol. The molecule has 1 heterocycles.